The van der Waals surface area contributed by atoms with E-state index in [1.54, 1.807) is 0 Å². The zero-order valence-corrected chi connectivity index (χ0v) is 20.5. The van der Waals surface area contributed by atoms with Gasteiger partial charge < -0.3 is 16.0 Å². The number of aromatic nitrogens is 2. The molecule has 1 aromatic heterocycles. The van der Waals surface area contributed by atoms with Crippen LogP contribution in [0.4, 0.5) is 11.5 Å². The van der Waals surface area contributed by atoms with Crippen LogP contribution in [0.5, 0.6) is 0 Å². The summed E-state index contributed by atoms with van der Waals surface area (Å²) >= 11 is 5.80. The molecule has 1 aliphatic rings. The molecule has 7 heteroatoms. The lowest BCUT2D eigenvalue weighted by Crippen LogP contribution is -2.39. The van der Waals surface area contributed by atoms with Crippen LogP contribution >= 0.6 is 12.2 Å². The van der Waals surface area contributed by atoms with Crippen molar-refractivity contribution in [3.05, 3.63) is 40.5 Å². The number of nitrogens with one attached hydrogen (secondary N) is 1. The second kappa shape index (κ2) is 10.5. The average molecular weight is 443 g/mol. The Bertz CT molecular complexity index is 933. The van der Waals surface area contributed by atoms with Crippen LogP contribution in [0.1, 0.15) is 46.1 Å². The highest BCUT2D eigenvalue weighted by Gasteiger charge is 2.23. The Morgan fingerprint density at radius 1 is 1.16 bits per heavy atom. The van der Waals surface area contributed by atoms with Gasteiger partial charge in [0.05, 0.1) is 5.56 Å². The molecule has 6 nitrogen and oxygen atoms in total. The van der Waals surface area contributed by atoms with Crippen LogP contribution < -0.4 is 11.1 Å². The van der Waals surface area contributed by atoms with Gasteiger partial charge in [0.2, 0.25) is 0 Å². The Labute approximate surface area is 192 Å². The third-order valence-corrected chi connectivity index (χ3v) is 6.57. The number of hydrogen-bond donors (Lipinski definition) is 2. The van der Waals surface area contributed by atoms with Gasteiger partial charge in [0.25, 0.3) is 0 Å². The minimum absolute atomic E-state index is 0.469. The number of likely N-dealkylation sites (tertiary alicyclic amines) is 1. The number of hydrogen-bond acceptors (Lipinski definition) is 4. The van der Waals surface area contributed by atoms with Gasteiger partial charge in [-0.2, -0.15) is 0 Å². The van der Waals surface area contributed by atoms with Crippen molar-refractivity contribution in [3.63, 3.8) is 0 Å². The minimum atomic E-state index is 0.469. The Morgan fingerprint density at radius 2 is 1.81 bits per heavy atom. The Hall–Kier alpha value is -2.12. The Kier molecular flexibility index (Phi) is 7.94. The lowest BCUT2D eigenvalue weighted by molar-refractivity contribution is 0.152. The molecule has 0 spiro atoms. The molecule has 0 bridgehead atoms. The minimum Gasteiger partial charge on any atom is -0.383 e. The Morgan fingerprint density at radius 3 is 2.39 bits per heavy atom. The third kappa shape index (κ3) is 5.77. The number of nitrogen functional groups attached to an aromatic ring is 1. The van der Waals surface area contributed by atoms with E-state index in [4.69, 9.17) is 22.9 Å². The molecule has 1 fully saturated rings. The molecule has 1 aromatic carbocycles. The molecule has 0 atom stereocenters. The fourth-order valence-corrected chi connectivity index (χ4v) is 4.47. The van der Waals surface area contributed by atoms with Gasteiger partial charge in [0, 0.05) is 31.9 Å². The highest BCUT2D eigenvalue weighted by atomic mass is 32.1. The highest BCUT2D eigenvalue weighted by molar-refractivity contribution is 7.71. The number of benzene rings is 1. The van der Waals surface area contributed by atoms with Gasteiger partial charge >= 0.3 is 0 Å². The molecule has 2 heterocycles. The Balaban J connectivity index is 1.89. The number of amidine groups is 1. The van der Waals surface area contributed by atoms with E-state index in [0.717, 1.165) is 47.9 Å². The molecular weight excluding hydrogens is 404 g/mol. The zero-order valence-electron chi connectivity index (χ0n) is 19.6. The number of anilines is 2. The SMILES string of the molecule is CC(C)Cn1c(N)c(C(=NCC2CCN(C(C)C)CC2)Nc2ccccc2)c(=S)n1C. The number of aliphatic imine (C=N–C) groups is 1. The molecule has 0 saturated carbocycles. The normalized spacial score (nSPS) is 16.4. The number of piperidine rings is 1. The van der Waals surface area contributed by atoms with E-state index >= 15 is 0 Å². The van der Waals surface area contributed by atoms with Crippen LogP contribution in [-0.2, 0) is 13.6 Å². The molecule has 31 heavy (non-hydrogen) atoms. The van der Waals surface area contributed by atoms with Crippen LogP contribution in [-0.4, -0.2) is 45.8 Å². The quantitative estimate of drug-likeness (QED) is 0.368. The summed E-state index contributed by atoms with van der Waals surface area (Å²) in [7, 11) is 1.98. The molecular formula is C24H38N6S. The van der Waals surface area contributed by atoms with Crippen molar-refractivity contribution in [2.75, 3.05) is 30.7 Å². The summed E-state index contributed by atoms with van der Waals surface area (Å²) in [6.07, 6.45) is 2.36. The number of rotatable bonds is 7. The second-order valence-corrected chi connectivity index (χ2v) is 9.71. The zero-order chi connectivity index (χ0) is 22.5. The molecule has 170 valence electrons. The number of para-hydroxylation sites is 1. The topological polar surface area (TPSA) is 63.5 Å². The maximum Gasteiger partial charge on any atom is 0.139 e. The number of nitrogens with two attached hydrogens (primary N) is 1. The van der Waals surface area contributed by atoms with Gasteiger partial charge in [0.1, 0.15) is 16.3 Å². The third-order valence-electron chi connectivity index (χ3n) is 6.10. The summed E-state index contributed by atoms with van der Waals surface area (Å²) in [4.78, 5) is 7.60. The van der Waals surface area contributed by atoms with E-state index in [2.05, 4.69) is 42.6 Å². The predicted molar refractivity (Wildman–Crippen MR) is 134 cm³/mol. The summed E-state index contributed by atoms with van der Waals surface area (Å²) in [6.45, 7) is 12.8. The van der Waals surface area contributed by atoms with Crippen molar-refractivity contribution in [2.24, 2.45) is 23.9 Å². The van der Waals surface area contributed by atoms with Crippen molar-refractivity contribution in [3.8, 4) is 0 Å². The lowest BCUT2D eigenvalue weighted by Gasteiger charge is -2.34. The maximum atomic E-state index is 6.62. The largest absolute Gasteiger partial charge is 0.383 e. The van der Waals surface area contributed by atoms with Gasteiger partial charge in [-0.25, -0.2) is 0 Å². The van der Waals surface area contributed by atoms with Gasteiger partial charge in [-0.05, 0) is 63.7 Å². The van der Waals surface area contributed by atoms with Crippen LogP contribution in [0.25, 0.3) is 0 Å². The average Bonchev–Trinajstić information content (AvgIpc) is 2.95. The van der Waals surface area contributed by atoms with E-state index < -0.39 is 0 Å². The van der Waals surface area contributed by atoms with E-state index in [-0.39, 0.29) is 0 Å². The van der Waals surface area contributed by atoms with Crippen molar-refractivity contribution in [1.82, 2.24) is 14.3 Å². The van der Waals surface area contributed by atoms with Crippen molar-refractivity contribution in [1.29, 1.82) is 0 Å². The molecule has 0 amide bonds. The van der Waals surface area contributed by atoms with E-state index in [0.29, 0.717) is 23.7 Å². The fourth-order valence-electron chi connectivity index (χ4n) is 4.17. The van der Waals surface area contributed by atoms with Gasteiger partial charge in [0.15, 0.2) is 0 Å². The molecule has 0 unspecified atom stereocenters. The van der Waals surface area contributed by atoms with Crippen molar-refractivity contribution < 1.29 is 0 Å². The molecule has 1 aliphatic heterocycles. The number of nitrogens with zero attached hydrogens (tertiary/aromatic N) is 4. The highest BCUT2D eigenvalue weighted by Crippen LogP contribution is 2.23. The lowest BCUT2D eigenvalue weighted by atomic mass is 9.96. The van der Waals surface area contributed by atoms with E-state index in [9.17, 15) is 0 Å². The predicted octanol–water partition coefficient (Wildman–Crippen LogP) is 4.77. The first-order valence-electron chi connectivity index (χ1n) is 11.4. The molecule has 0 radical (unpaired) electrons. The molecule has 1 saturated heterocycles. The van der Waals surface area contributed by atoms with Gasteiger partial charge in [-0.1, -0.05) is 44.3 Å². The second-order valence-electron chi connectivity index (χ2n) is 9.32. The van der Waals surface area contributed by atoms with Crippen LogP contribution in [0.15, 0.2) is 35.3 Å². The molecule has 2 aromatic rings. The monoisotopic (exact) mass is 442 g/mol. The fraction of sp³-hybridized carbons (Fsp3) is 0.583. The first kappa shape index (κ1) is 23.5. The van der Waals surface area contributed by atoms with Crippen LogP contribution in [0.2, 0.25) is 0 Å². The smallest absolute Gasteiger partial charge is 0.139 e. The van der Waals surface area contributed by atoms with E-state index in [1.165, 1.54) is 12.8 Å². The molecule has 0 aliphatic carbocycles. The molecule has 3 N–H and O–H groups in total. The van der Waals surface area contributed by atoms with Crippen LogP contribution in [0, 0.1) is 16.5 Å². The van der Waals surface area contributed by atoms with Crippen molar-refractivity contribution >= 4 is 29.6 Å². The van der Waals surface area contributed by atoms with Gasteiger partial charge in [-0.15, -0.1) is 0 Å². The van der Waals surface area contributed by atoms with Crippen molar-refractivity contribution in [2.45, 2.75) is 53.1 Å². The first-order valence-corrected chi connectivity index (χ1v) is 11.8. The van der Waals surface area contributed by atoms with Gasteiger partial charge in [-0.3, -0.25) is 14.4 Å². The summed E-state index contributed by atoms with van der Waals surface area (Å²) in [6, 6.07) is 10.7. The standard InChI is InChI=1S/C24H38N6S/c1-17(2)16-30-22(25)21(24(31)28(30)5)23(27-20-9-7-6-8-10-20)26-15-19-11-13-29(14-12-19)18(3)4/h6-10,17-19H,11-16,25H2,1-5H3,(H,26,27). The van der Waals surface area contributed by atoms with Crippen LogP contribution in [0.3, 0.4) is 0 Å². The first-order chi connectivity index (χ1) is 14.8. The summed E-state index contributed by atoms with van der Waals surface area (Å²) in [5, 5.41) is 3.50. The molecule has 3 rings (SSSR count). The summed E-state index contributed by atoms with van der Waals surface area (Å²) < 4.78 is 4.75. The summed E-state index contributed by atoms with van der Waals surface area (Å²) in [5.41, 5.74) is 8.44. The maximum absolute atomic E-state index is 6.62. The summed E-state index contributed by atoms with van der Waals surface area (Å²) in [5.74, 6) is 2.51. The van der Waals surface area contributed by atoms with E-state index in [1.807, 2.05) is 42.1 Å².